The van der Waals surface area contributed by atoms with Gasteiger partial charge in [-0.1, -0.05) is 30.3 Å². The van der Waals surface area contributed by atoms with Crippen LogP contribution in [-0.4, -0.2) is 63.7 Å². The molecule has 4 rings (SSSR count). The first-order chi connectivity index (χ1) is 16.9. The molecule has 178 valence electrons. The number of hydrogen-bond donors (Lipinski definition) is 1. The van der Waals surface area contributed by atoms with Gasteiger partial charge in [-0.25, -0.2) is 9.78 Å². The summed E-state index contributed by atoms with van der Waals surface area (Å²) in [6, 6.07) is 14.0. The lowest BCUT2D eigenvalue weighted by Crippen LogP contribution is -2.44. The number of imide groups is 1. The smallest absolute Gasteiger partial charge is 0.328 e. The fourth-order valence-corrected chi connectivity index (χ4v) is 3.78. The number of fused-ring (bicyclic) bond motifs is 1. The van der Waals surface area contributed by atoms with Gasteiger partial charge in [0.2, 0.25) is 5.91 Å². The molecular weight excluding hydrogens is 452 g/mol. The van der Waals surface area contributed by atoms with Gasteiger partial charge in [0.25, 0.3) is 17.7 Å². The Morgan fingerprint density at radius 3 is 2.23 bits per heavy atom. The molecule has 3 aromatic rings. The van der Waals surface area contributed by atoms with Crippen LogP contribution in [0.2, 0.25) is 0 Å². The Hall–Kier alpha value is -4.60. The van der Waals surface area contributed by atoms with Crippen molar-refractivity contribution >= 4 is 29.6 Å². The third-order valence-corrected chi connectivity index (χ3v) is 5.57. The van der Waals surface area contributed by atoms with Gasteiger partial charge in [0.1, 0.15) is 12.4 Å². The van der Waals surface area contributed by atoms with Crippen LogP contribution in [0.25, 0.3) is 0 Å². The highest BCUT2D eigenvalue weighted by Crippen LogP contribution is 2.22. The van der Waals surface area contributed by atoms with Crippen molar-refractivity contribution in [2.45, 2.75) is 18.9 Å². The standard InChI is InChI=1S/C25H22N4O6/c1-35-25(34)20(13-17-14-28(15-26-17)22(31)16-7-3-2-4-8-16)27-21(30)11-12-29-23(32)18-9-5-6-10-19(18)24(29)33/h2-10,14-15,20H,11-13H2,1H3,(H,27,30). The monoisotopic (exact) mass is 474 g/mol. The van der Waals surface area contributed by atoms with Gasteiger partial charge in [0.05, 0.1) is 23.9 Å². The first kappa shape index (κ1) is 23.6. The van der Waals surface area contributed by atoms with Crippen molar-refractivity contribution in [3.05, 3.63) is 89.5 Å². The molecule has 0 saturated carbocycles. The summed E-state index contributed by atoms with van der Waals surface area (Å²) in [6.07, 6.45) is 2.61. The number of nitrogens with one attached hydrogen (secondary N) is 1. The van der Waals surface area contributed by atoms with Gasteiger partial charge >= 0.3 is 5.97 Å². The van der Waals surface area contributed by atoms with Crippen molar-refractivity contribution in [3.63, 3.8) is 0 Å². The van der Waals surface area contributed by atoms with Crippen LogP contribution < -0.4 is 5.32 Å². The van der Waals surface area contributed by atoms with Gasteiger partial charge in [-0.2, -0.15) is 0 Å². The molecule has 0 radical (unpaired) electrons. The molecule has 35 heavy (non-hydrogen) atoms. The number of carbonyl (C=O) groups excluding carboxylic acids is 5. The number of benzene rings is 2. The van der Waals surface area contributed by atoms with E-state index in [0.29, 0.717) is 22.4 Å². The molecule has 0 spiro atoms. The Bertz CT molecular complexity index is 1270. The minimum atomic E-state index is -1.06. The number of aromatic nitrogens is 2. The summed E-state index contributed by atoms with van der Waals surface area (Å²) in [5.41, 5.74) is 1.46. The van der Waals surface area contributed by atoms with Crippen molar-refractivity contribution in [2.75, 3.05) is 13.7 Å². The number of ether oxygens (including phenoxy) is 1. The molecule has 10 heteroatoms. The number of hydrogen-bond acceptors (Lipinski definition) is 7. The maximum Gasteiger partial charge on any atom is 0.328 e. The second-order valence-electron chi connectivity index (χ2n) is 7.85. The van der Waals surface area contributed by atoms with Gasteiger partial charge in [0, 0.05) is 31.1 Å². The normalized spacial score (nSPS) is 13.3. The van der Waals surface area contributed by atoms with Crippen LogP contribution in [0.1, 0.15) is 43.2 Å². The Morgan fingerprint density at radius 2 is 1.60 bits per heavy atom. The molecule has 1 unspecified atom stereocenters. The molecule has 2 heterocycles. The number of nitrogens with zero attached hydrogens (tertiary/aromatic N) is 3. The summed E-state index contributed by atoms with van der Waals surface area (Å²) in [7, 11) is 1.19. The number of amides is 3. The average Bonchev–Trinajstić information content (AvgIpc) is 3.45. The van der Waals surface area contributed by atoms with Gasteiger partial charge in [-0.15, -0.1) is 0 Å². The highest BCUT2D eigenvalue weighted by atomic mass is 16.5. The van der Waals surface area contributed by atoms with E-state index in [-0.39, 0.29) is 25.3 Å². The SMILES string of the molecule is COC(=O)C(Cc1cn(C(=O)c2ccccc2)cn1)NC(=O)CCN1C(=O)c2ccccc2C1=O. The maximum atomic E-state index is 12.6. The average molecular weight is 474 g/mol. The number of imidazole rings is 1. The molecular formula is C25H22N4O6. The molecule has 2 aromatic carbocycles. The first-order valence-electron chi connectivity index (χ1n) is 10.8. The number of methoxy groups -OCH3 is 1. The van der Waals surface area contributed by atoms with E-state index in [2.05, 4.69) is 10.3 Å². The Morgan fingerprint density at radius 1 is 0.971 bits per heavy atom. The topological polar surface area (TPSA) is 128 Å². The molecule has 1 N–H and O–H groups in total. The summed E-state index contributed by atoms with van der Waals surface area (Å²) in [4.78, 5) is 67.5. The van der Waals surface area contributed by atoms with Crippen LogP contribution in [0.15, 0.2) is 67.1 Å². The largest absolute Gasteiger partial charge is 0.467 e. The van der Waals surface area contributed by atoms with E-state index in [0.717, 1.165) is 4.90 Å². The van der Waals surface area contributed by atoms with Crippen LogP contribution in [0.5, 0.6) is 0 Å². The van der Waals surface area contributed by atoms with Crippen molar-refractivity contribution < 1.29 is 28.7 Å². The molecule has 3 amide bonds. The van der Waals surface area contributed by atoms with E-state index in [1.165, 1.54) is 24.2 Å². The molecule has 0 bridgehead atoms. The Balaban J connectivity index is 1.37. The zero-order valence-electron chi connectivity index (χ0n) is 18.8. The molecule has 1 atom stereocenters. The van der Waals surface area contributed by atoms with Crippen LogP contribution in [0.3, 0.4) is 0 Å². The Kier molecular flexibility index (Phi) is 6.81. The predicted octanol–water partition coefficient (Wildman–Crippen LogP) is 1.46. The van der Waals surface area contributed by atoms with E-state index in [1.807, 2.05) is 0 Å². The van der Waals surface area contributed by atoms with Crippen LogP contribution in [0, 0.1) is 0 Å². The van der Waals surface area contributed by atoms with Crippen molar-refractivity contribution in [2.24, 2.45) is 0 Å². The maximum absolute atomic E-state index is 12.6. The predicted molar refractivity (Wildman–Crippen MR) is 122 cm³/mol. The minimum Gasteiger partial charge on any atom is -0.467 e. The van der Waals surface area contributed by atoms with Crippen LogP contribution >= 0.6 is 0 Å². The number of rotatable bonds is 8. The quantitative estimate of drug-likeness (QED) is 0.387. The highest BCUT2D eigenvalue weighted by molar-refractivity contribution is 6.21. The molecule has 0 fully saturated rings. The number of carbonyl (C=O) groups is 5. The molecule has 0 aliphatic carbocycles. The van der Waals surface area contributed by atoms with Gasteiger partial charge < -0.3 is 10.1 Å². The molecule has 0 saturated heterocycles. The molecule has 1 aliphatic rings. The van der Waals surface area contributed by atoms with Crippen LogP contribution in [0.4, 0.5) is 0 Å². The number of esters is 1. The summed E-state index contributed by atoms with van der Waals surface area (Å²) < 4.78 is 6.08. The summed E-state index contributed by atoms with van der Waals surface area (Å²) in [5.74, 6) is -2.45. The minimum absolute atomic E-state index is 0.0134. The lowest BCUT2D eigenvalue weighted by molar-refractivity contribution is -0.145. The summed E-state index contributed by atoms with van der Waals surface area (Å²) in [5, 5.41) is 2.56. The first-order valence-corrected chi connectivity index (χ1v) is 10.8. The van der Waals surface area contributed by atoms with E-state index in [4.69, 9.17) is 4.74 Å². The second kappa shape index (κ2) is 10.1. The van der Waals surface area contributed by atoms with E-state index in [1.54, 1.807) is 54.6 Å². The molecule has 10 nitrogen and oxygen atoms in total. The molecule has 1 aliphatic heterocycles. The summed E-state index contributed by atoms with van der Waals surface area (Å²) >= 11 is 0. The van der Waals surface area contributed by atoms with E-state index < -0.39 is 29.7 Å². The van der Waals surface area contributed by atoms with Gasteiger partial charge in [0.15, 0.2) is 0 Å². The highest BCUT2D eigenvalue weighted by Gasteiger charge is 2.35. The summed E-state index contributed by atoms with van der Waals surface area (Å²) in [6.45, 7) is -0.133. The third-order valence-electron chi connectivity index (χ3n) is 5.57. The Labute approximate surface area is 200 Å². The second-order valence-corrected chi connectivity index (χ2v) is 7.85. The zero-order valence-corrected chi connectivity index (χ0v) is 18.8. The fraction of sp³-hybridized carbons (Fsp3) is 0.200. The van der Waals surface area contributed by atoms with E-state index >= 15 is 0 Å². The zero-order chi connectivity index (χ0) is 24.9. The van der Waals surface area contributed by atoms with Crippen molar-refractivity contribution in [3.8, 4) is 0 Å². The van der Waals surface area contributed by atoms with Crippen molar-refractivity contribution in [1.29, 1.82) is 0 Å². The third kappa shape index (κ3) is 5.01. The van der Waals surface area contributed by atoms with Gasteiger partial charge in [-0.3, -0.25) is 28.6 Å². The van der Waals surface area contributed by atoms with Gasteiger partial charge in [-0.05, 0) is 24.3 Å². The van der Waals surface area contributed by atoms with E-state index in [9.17, 15) is 24.0 Å². The van der Waals surface area contributed by atoms with Crippen LogP contribution in [-0.2, 0) is 20.7 Å². The van der Waals surface area contributed by atoms with Crippen molar-refractivity contribution in [1.82, 2.24) is 19.8 Å². The fourth-order valence-electron chi connectivity index (χ4n) is 3.78. The lowest BCUT2D eigenvalue weighted by atomic mass is 10.1. The lowest BCUT2D eigenvalue weighted by Gasteiger charge is -2.17. The molecule has 1 aromatic heterocycles.